The van der Waals surface area contributed by atoms with E-state index in [1.165, 1.54) is 12.4 Å². The van der Waals surface area contributed by atoms with Crippen LogP contribution >= 0.6 is 0 Å². The molecule has 1 heterocycles. The molecule has 5 heteroatoms. The average Bonchev–Trinajstić information content (AvgIpc) is 3.21. The summed E-state index contributed by atoms with van der Waals surface area (Å²) < 4.78 is 4.91. The molecule has 18 heavy (non-hydrogen) atoms. The Hall–Kier alpha value is -1.91. The molecule has 1 atom stereocenters. The summed E-state index contributed by atoms with van der Waals surface area (Å²) in [4.78, 5) is 26.9. The van der Waals surface area contributed by atoms with E-state index in [4.69, 9.17) is 4.74 Å². The molecule has 1 aromatic rings. The maximum atomic E-state index is 11.6. The number of carbonyl (C=O) groups is 2. The van der Waals surface area contributed by atoms with Crippen molar-refractivity contribution < 1.29 is 14.3 Å². The van der Waals surface area contributed by atoms with Crippen LogP contribution in [-0.4, -0.2) is 29.5 Å². The van der Waals surface area contributed by atoms with E-state index in [1.54, 1.807) is 12.1 Å². The third-order valence-corrected chi connectivity index (χ3v) is 2.97. The normalized spacial score (nSPS) is 15.8. The number of rotatable bonds is 5. The molecule has 0 aromatic carbocycles. The van der Waals surface area contributed by atoms with Gasteiger partial charge in [-0.2, -0.15) is 0 Å². The minimum Gasteiger partial charge on any atom is -0.452 e. The van der Waals surface area contributed by atoms with E-state index in [1.807, 2.05) is 6.92 Å². The van der Waals surface area contributed by atoms with Crippen molar-refractivity contribution in [3.63, 3.8) is 0 Å². The SMILES string of the molecule is C[C@H](NC(=O)COC(=O)c1ccncc1)C1CC1. The molecule has 96 valence electrons. The maximum absolute atomic E-state index is 11.6. The molecule has 1 aromatic heterocycles. The van der Waals surface area contributed by atoms with Gasteiger partial charge >= 0.3 is 5.97 Å². The van der Waals surface area contributed by atoms with Gasteiger partial charge in [-0.1, -0.05) is 0 Å². The molecular weight excluding hydrogens is 232 g/mol. The van der Waals surface area contributed by atoms with Gasteiger partial charge in [0, 0.05) is 18.4 Å². The summed E-state index contributed by atoms with van der Waals surface area (Å²) in [5.41, 5.74) is 0.396. The van der Waals surface area contributed by atoms with Crippen molar-refractivity contribution in [1.29, 1.82) is 0 Å². The lowest BCUT2D eigenvalue weighted by Crippen LogP contribution is -2.37. The van der Waals surface area contributed by atoms with Gasteiger partial charge in [-0.15, -0.1) is 0 Å². The number of ether oxygens (including phenoxy) is 1. The molecule has 2 rings (SSSR count). The quantitative estimate of drug-likeness (QED) is 0.794. The van der Waals surface area contributed by atoms with Crippen molar-refractivity contribution >= 4 is 11.9 Å². The summed E-state index contributed by atoms with van der Waals surface area (Å²) in [6.45, 7) is 1.73. The Kier molecular flexibility index (Phi) is 3.92. The third-order valence-electron chi connectivity index (χ3n) is 2.97. The highest BCUT2D eigenvalue weighted by molar-refractivity contribution is 5.91. The Morgan fingerprint density at radius 2 is 2.11 bits per heavy atom. The van der Waals surface area contributed by atoms with Gasteiger partial charge in [0.15, 0.2) is 6.61 Å². The monoisotopic (exact) mass is 248 g/mol. The van der Waals surface area contributed by atoms with E-state index >= 15 is 0 Å². The maximum Gasteiger partial charge on any atom is 0.338 e. The molecule has 0 radical (unpaired) electrons. The van der Waals surface area contributed by atoms with E-state index in [0.717, 1.165) is 12.8 Å². The minimum atomic E-state index is -0.508. The molecule has 0 saturated heterocycles. The zero-order valence-corrected chi connectivity index (χ0v) is 10.3. The lowest BCUT2D eigenvalue weighted by Gasteiger charge is -2.12. The predicted octanol–water partition coefficient (Wildman–Crippen LogP) is 1.15. The van der Waals surface area contributed by atoms with Gasteiger partial charge < -0.3 is 10.1 Å². The summed E-state index contributed by atoms with van der Waals surface area (Å²) in [5.74, 6) is -0.173. The fourth-order valence-electron chi connectivity index (χ4n) is 1.71. The van der Waals surface area contributed by atoms with Gasteiger partial charge in [0.2, 0.25) is 0 Å². The van der Waals surface area contributed by atoms with Crippen molar-refractivity contribution in [2.75, 3.05) is 6.61 Å². The Morgan fingerprint density at radius 1 is 1.44 bits per heavy atom. The van der Waals surface area contributed by atoms with Gasteiger partial charge in [-0.25, -0.2) is 4.79 Å². The van der Waals surface area contributed by atoms with Crippen LogP contribution in [0, 0.1) is 5.92 Å². The number of pyridine rings is 1. The van der Waals surface area contributed by atoms with Crippen molar-refractivity contribution in [2.24, 2.45) is 5.92 Å². The van der Waals surface area contributed by atoms with Crippen molar-refractivity contribution in [1.82, 2.24) is 10.3 Å². The lowest BCUT2D eigenvalue weighted by atomic mass is 10.2. The number of esters is 1. The zero-order chi connectivity index (χ0) is 13.0. The van der Waals surface area contributed by atoms with E-state index in [2.05, 4.69) is 10.3 Å². The topological polar surface area (TPSA) is 68.3 Å². The van der Waals surface area contributed by atoms with Crippen molar-refractivity contribution in [3.05, 3.63) is 30.1 Å². The first-order chi connectivity index (χ1) is 8.66. The Bertz CT molecular complexity index is 429. The fraction of sp³-hybridized carbons (Fsp3) is 0.462. The second kappa shape index (κ2) is 5.62. The molecule has 0 spiro atoms. The van der Waals surface area contributed by atoms with Crippen LogP contribution in [0.5, 0.6) is 0 Å². The Labute approximate surface area is 106 Å². The van der Waals surface area contributed by atoms with Crippen LogP contribution in [0.25, 0.3) is 0 Å². The van der Waals surface area contributed by atoms with E-state index in [-0.39, 0.29) is 18.6 Å². The number of aromatic nitrogens is 1. The standard InChI is InChI=1S/C13H16N2O3/c1-9(10-2-3-10)15-12(16)8-18-13(17)11-4-6-14-7-5-11/h4-7,9-10H,2-3,8H2,1H3,(H,15,16)/t9-/m0/s1. The van der Waals surface area contributed by atoms with Crippen molar-refractivity contribution in [3.8, 4) is 0 Å². The van der Waals surface area contributed by atoms with Gasteiger partial charge in [0.25, 0.3) is 5.91 Å². The number of hydrogen-bond donors (Lipinski definition) is 1. The molecule has 1 saturated carbocycles. The Morgan fingerprint density at radius 3 is 2.72 bits per heavy atom. The number of hydrogen-bond acceptors (Lipinski definition) is 4. The molecule has 1 aliphatic rings. The fourth-order valence-corrected chi connectivity index (χ4v) is 1.71. The second-order valence-electron chi connectivity index (χ2n) is 4.51. The number of amides is 1. The van der Waals surface area contributed by atoms with Crippen LogP contribution in [0.1, 0.15) is 30.1 Å². The van der Waals surface area contributed by atoms with Gasteiger partial charge in [-0.05, 0) is 37.8 Å². The highest BCUT2D eigenvalue weighted by Crippen LogP contribution is 2.32. The summed E-state index contributed by atoms with van der Waals surface area (Å²) in [5, 5.41) is 2.82. The summed E-state index contributed by atoms with van der Waals surface area (Å²) in [6, 6.07) is 3.26. The molecule has 1 amide bonds. The number of nitrogens with zero attached hydrogens (tertiary/aromatic N) is 1. The van der Waals surface area contributed by atoms with Crippen LogP contribution in [0.2, 0.25) is 0 Å². The van der Waals surface area contributed by atoms with Gasteiger partial charge in [0.05, 0.1) is 5.56 Å². The predicted molar refractivity (Wildman–Crippen MR) is 64.8 cm³/mol. The lowest BCUT2D eigenvalue weighted by molar-refractivity contribution is -0.124. The summed E-state index contributed by atoms with van der Waals surface area (Å²) in [6.07, 6.45) is 5.34. The van der Waals surface area contributed by atoms with Crippen LogP contribution < -0.4 is 5.32 Å². The molecule has 0 bridgehead atoms. The van der Waals surface area contributed by atoms with Crippen LogP contribution in [0.3, 0.4) is 0 Å². The van der Waals surface area contributed by atoms with E-state index < -0.39 is 5.97 Å². The first-order valence-electron chi connectivity index (χ1n) is 6.03. The van der Waals surface area contributed by atoms with E-state index in [9.17, 15) is 9.59 Å². The van der Waals surface area contributed by atoms with Gasteiger partial charge in [-0.3, -0.25) is 9.78 Å². The summed E-state index contributed by atoms with van der Waals surface area (Å²) >= 11 is 0. The molecule has 1 N–H and O–H groups in total. The highest BCUT2D eigenvalue weighted by atomic mass is 16.5. The van der Waals surface area contributed by atoms with Crippen LogP contribution in [0.4, 0.5) is 0 Å². The van der Waals surface area contributed by atoms with Crippen LogP contribution in [-0.2, 0) is 9.53 Å². The third kappa shape index (κ3) is 3.55. The molecule has 1 fully saturated rings. The van der Waals surface area contributed by atoms with Gasteiger partial charge in [0.1, 0.15) is 0 Å². The molecule has 1 aliphatic carbocycles. The first-order valence-corrected chi connectivity index (χ1v) is 6.03. The molecule has 0 aliphatic heterocycles. The first kappa shape index (κ1) is 12.5. The van der Waals surface area contributed by atoms with E-state index in [0.29, 0.717) is 11.5 Å². The number of nitrogens with one attached hydrogen (secondary N) is 1. The molecule has 0 unspecified atom stereocenters. The smallest absolute Gasteiger partial charge is 0.338 e. The molecule has 5 nitrogen and oxygen atoms in total. The highest BCUT2D eigenvalue weighted by Gasteiger charge is 2.28. The number of carbonyl (C=O) groups excluding carboxylic acids is 2. The zero-order valence-electron chi connectivity index (χ0n) is 10.3. The molecular formula is C13H16N2O3. The minimum absolute atomic E-state index is 0.164. The largest absolute Gasteiger partial charge is 0.452 e. The second-order valence-corrected chi connectivity index (χ2v) is 4.51. The summed E-state index contributed by atoms with van der Waals surface area (Å²) in [7, 11) is 0. The van der Waals surface area contributed by atoms with Crippen molar-refractivity contribution in [2.45, 2.75) is 25.8 Å². The average molecular weight is 248 g/mol. The Balaban J connectivity index is 1.74. The van der Waals surface area contributed by atoms with Crippen LogP contribution in [0.15, 0.2) is 24.5 Å².